The third-order valence-corrected chi connectivity index (χ3v) is 3.42. The number of aliphatic hydroxyl groups is 1. The monoisotopic (exact) mass is 280 g/mol. The molecule has 0 aromatic carbocycles. The Morgan fingerprint density at radius 1 is 1.60 bits per heavy atom. The van der Waals surface area contributed by atoms with Crippen molar-refractivity contribution in [2.45, 2.75) is 51.4 Å². The molecule has 112 valence electrons. The standard InChI is InChI=1S/C15H24N2O3/c1-15(2,3)20-14(19)17-8-4-5-11(10-17)13(18)9-12-6-7-16-12/h4-5,8,12-13,16,18H,6-7,9-10H2,1-3H3. The van der Waals surface area contributed by atoms with E-state index in [0.717, 1.165) is 18.5 Å². The predicted molar refractivity (Wildman–Crippen MR) is 77.2 cm³/mol. The van der Waals surface area contributed by atoms with Crippen LogP contribution in [0.1, 0.15) is 33.6 Å². The van der Waals surface area contributed by atoms with Crippen LogP contribution >= 0.6 is 0 Å². The van der Waals surface area contributed by atoms with Crippen molar-refractivity contribution in [1.82, 2.24) is 10.2 Å². The Morgan fingerprint density at radius 3 is 2.85 bits per heavy atom. The Kier molecular flexibility index (Phi) is 4.50. The Balaban J connectivity index is 1.89. The van der Waals surface area contributed by atoms with Crippen LogP contribution in [0, 0.1) is 0 Å². The summed E-state index contributed by atoms with van der Waals surface area (Å²) in [7, 11) is 0. The highest BCUT2D eigenvalue weighted by molar-refractivity contribution is 5.70. The van der Waals surface area contributed by atoms with Gasteiger partial charge in [0.15, 0.2) is 0 Å². The number of hydrogen-bond donors (Lipinski definition) is 2. The molecule has 0 aromatic heterocycles. The van der Waals surface area contributed by atoms with Gasteiger partial charge in [0, 0.05) is 12.2 Å². The van der Waals surface area contributed by atoms with Gasteiger partial charge in [0.25, 0.3) is 0 Å². The second-order valence-corrected chi connectivity index (χ2v) is 6.38. The fourth-order valence-corrected chi connectivity index (χ4v) is 2.21. The third kappa shape index (κ3) is 4.08. The second kappa shape index (κ2) is 5.97. The van der Waals surface area contributed by atoms with Gasteiger partial charge in [0.1, 0.15) is 5.60 Å². The predicted octanol–water partition coefficient (Wildman–Crippen LogP) is 1.79. The molecule has 1 amide bonds. The fourth-order valence-electron chi connectivity index (χ4n) is 2.21. The highest BCUT2D eigenvalue weighted by Gasteiger charge is 2.27. The van der Waals surface area contributed by atoms with E-state index in [2.05, 4.69) is 5.32 Å². The van der Waals surface area contributed by atoms with Crippen molar-refractivity contribution < 1.29 is 14.6 Å². The number of nitrogens with one attached hydrogen (secondary N) is 1. The van der Waals surface area contributed by atoms with Gasteiger partial charge >= 0.3 is 6.09 Å². The van der Waals surface area contributed by atoms with Crippen LogP contribution in [0.25, 0.3) is 0 Å². The molecule has 2 aliphatic rings. The molecule has 2 N–H and O–H groups in total. The zero-order valence-electron chi connectivity index (χ0n) is 12.4. The van der Waals surface area contributed by atoms with Gasteiger partial charge in [0.2, 0.25) is 0 Å². The Bertz CT molecular complexity index is 419. The molecule has 0 spiro atoms. The van der Waals surface area contributed by atoms with Crippen molar-refractivity contribution in [1.29, 1.82) is 0 Å². The number of rotatable bonds is 3. The van der Waals surface area contributed by atoms with Crippen molar-refractivity contribution in [2.24, 2.45) is 0 Å². The zero-order valence-corrected chi connectivity index (χ0v) is 12.4. The minimum absolute atomic E-state index is 0.381. The van der Waals surface area contributed by atoms with Gasteiger partial charge in [-0.1, -0.05) is 6.08 Å². The van der Waals surface area contributed by atoms with Gasteiger partial charge in [0.05, 0.1) is 12.6 Å². The largest absolute Gasteiger partial charge is 0.443 e. The molecule has 0 saturated carbocycles. The number of hydrogen-bond acceptors (Lipinski definition) is 4. The van der Waals surface area contributed by atoms with Crippen molar-refractivity contribution in [3.8, 4) is 0 Å². The van der Waals surface area contributed by atoms with E-state index >= 15 is 0 Å². The zero-order chi connectivity index (χ0) is 14.8. The summed E-state index contributed by atoms with van der Waals surface area (Å²) in [5.41, 5.74) is 0.341. The van der Waals surface area contributed by atoms with E-state index in [1.807, 2.05) is 26.8 Å². The maximum Gasteiger partial charge on any atom is 0.414 e. The van der Waals surface area contributed by atoms with Crippen LogP contribution < -0.4 is 5.32 Å². The van der Waals surface area contributed by atoms with Gasteiger partial charge in [-0.25, -0.2) is 4.79 Å². The molecule has 2 heterocycles. The number of nitrogens with zero attached hydrogens (tertiary/aromatic N) is 1. The molecule has 2 aliphatic heterocycles. The Hall–Kier alpha value is -1.33. The first-order valence-corrected chi connectivity index (χ1v) is 7.13. The Morgan fingerprint density at radius 2 is 2.30 bits per heavy atom. The number of amides is 1. The maximum atomic E-state index is 12.0. The average Bonchev–Trinajstić information content (AvgIpc) is 2.31. The van der Waals surface area contributed by atoms with Crippen LogP contribution in [0.5, 0.6) is 0 Å². The van der Waals surface area contributed by atoms with Crippen LogP contribution in [-0.2, 0) is 4.74 Å². The molecule has 0 aliphatic carbocycles. The summed E-state index contributed by atoms with van der Waals surface area (Å²) in [5, 5.41) is 13.5. The molecule has 0 bridgehead atoms. The first-order chi connectivity index (χ1) is 9.35. The summed E-state index contributed by atoms with van der Waals surface area (Å²) < 4.78 is 5.33. The van der Waals surface area contributed by atoms with Crippen LogP contribution in [0.15, 0.2) is 23.9 Å². The van der Waals surface area contributed by atoms with E-state index in [4.69, 9.17) is 4.74 Å². The van der Waals surface area contributed by atoms with Crippen molar-refractivity contribution in [2.75, 3.05) is 13.1 Å². The van der Waals surface area contributed by atoms with Crippen molar-refractivity contribution in [3.05, 3.63) is 23.9 Å². The van der Waals surface area contributed by atoms with Crippen LogP contribution in [-0.4, -0.2) is 46.9 Å². The van der Waals surface area contributed by atoms with E-state index in [9.17, 15) is 9.90 Å². The second-order valence-electron chi connectivity index (χ2n) is 6.38. The van der Waals surface area contributed by atoms with Crippen LogP contribution in [0.4, 0.5) is 4.79 Å². The first-order valence-electron chi connectivity index (χ1n) is 7.13. The van der Waals surface area contributed by atoms with E-state index in [-0.39, 0.29) is 6.09 Å². The SMILES string of the molecule is CC(C)(C)OC(=O)N1C=CC=C(C(O)CC2CCN2)C1. The molecule has 5 nitrogen and oxygen atoms in total. The van der Waals surface area contributed by atoms with E-state index in [0.29, 0.717) is 19.0 Å². The first kappa shape index (κ1) is 15.1. The van der Waals surface area contributed by atoms with Crippen LogP contribution in [0.2, 0.25) is 0 Å². The molecule has 0 aromatic rings. The van der Waals surface area contributed by atoms with Gasteiger partial charge < -0.3 is 15.2 Å². The lowest BCUT2D eigenvalue weighted by Crippen LogP contribution is -2.45. The number of allylic oxidation sites excluding steroid dienone is 2. The molecule has 2 unspecified atom stereocenters. The average molecular weight is 280 g/mol. The van der Waals surface area contributed by atoms with Gasteiger partial charge in [-0.2, -0.15) is 0 Å². The lowest BCUT2D eigenvalue weighted by atomic mass is 9.95. The van der Waals surface area contributed by atoms with E-state index in [1.165, 1.54) is 4.90 Å². The number of ether oxygens (including phenoxy) is 1. The number of carbonyl (C=O) groups excluding carboxylic acids is 1. The highest BCUT2D eigenvalue weighted by atomic mass is 16.6. The minimum atomic E-state index is -0.513. The molecule has 2 atom stereocenters. The molecule has 1 saturated heterocycles. The molecular formula is C15H24N2O3. The summed E-state index contributed by atoms with van der Waals surface area (Å²) >= 11 is 0. The molecular weight excluding hydrogens is 256 g/mol. The lowest BCUT2D eigenvalue weighted by Gasteiger charge is -2.32. The number of aliphatic hydroxyl groups excluding tert-OH is 1. The van der Waals surface area contributed by atoms with Crippen molar-refractivity contribution >= 4 is 6.09 Å². The van der Waals surface area contributed by atoms with E-state index < -0.39 is 11.7 Å². The molecule has 0 radical (unpaired) electrons. The Labute approximate surface area is 120 Å². The minimum Gasteiger partial charge on any atom is -0.443 e. The normalized spacial score (nSPS) is 23.9. The summed E-state index contributed by atoms with van der Waals surface area (Å²) in [6.07, 6.45) is 6.25. The molecule has 2 rings (SSSR count). The summed E-state index contributed by atoms with van der Waals surface area (Å²) in [5.74, 6) is 0. The lowest BCUT2D eigenvalue weighted by molar-refractivity contribution is 0.0336. The van der Waals surface area contributed by atoms with Gasteiger partial charge in [-0.15, -0.1) is 0 Å². The maximum absolute atomic E-state index is 12.0. The van der Waals surface area contributed by atoms with Gasteiger partial charge in [-0.3, -0.25) is 4.90 Å². The highest BCUT2D eigenvalue weighted by Crippen LogP contribution is 2.20. The molecule has 20 heavy (non-hydrogen) atoms. The van der Waals surface area contributed by atoms with Gasteiger partial charge in [-0.05, 0) is 51.8 Å². The van der Waals surface area contributed by atoms with E-state index in [1.54, 1.807) is 12.3 Å². The topological polar surface area (TPSA) is 61.8 Å². The fraction of sp³-hybridized carbons (Fsp3) is 0.667. The summed E-state index contributed by atoms with van der Waals surface area (Å²) in [6.45, 7) is 6.94. The summed E-state index contributed by atoms with van der Waals surface area (Å²) in [4.78, 5) is 13.5. The summed E-state index contributed by atoms with van der Waals surface area (Å²) in [6, 6.07) is 0.395. The number of carbonyl (C=O) groups is 1. The van der Waals surface area contributed by atoms with Crippen LogP contribution in [0.3, 0.4) is 0 Å². The molecule has 5 heteroatoms. The smallest absolute Gasteiger partial charge is 0.414 e. The third-order valence-electron chi connectivity index (χ3n) is 3.42. The van der Waals surface area contributed by atoms with Crippen molar-refractivity contribution in [3.63, 3.8) is 0 Å². The molecule has 1 fully saturated rings. The quantitative estimate of drug-likeness (QED) is 0.827.